The minimum absolute atomic E-state index is 0.0234. The summed E-state index contributed by atoms with van der Waals surface area (Å²) in [7, 11) is 0. The molecule has 2 aliphatic rings. The zero-order valence-electron chi connectivity index (χ0n) is 13.4. The minimum atomic E-state index is -0.0234. The van der Waals surface area contributed by atoms with Crippen molar-refractivity contribution in [3.8, 4) is 0 Å². The van der Waals surface area contributed by atoms with Gasteiger partial charge in [-0.2, -0.15) is 0 Å². The number of anilines is 1. The van der Waals surface area contributed by atoms with Crippen LogP contribution in [0, 0.1) is 5.92 Å². The molecule has 1 saturated carbocycles. The van der Waals surface area contributed by atoms with Gasteiger partial charge in [0, 0.05) is 5.69 Å². The Balaban J connectivity index is 1.57. The van der Waals surface area contributed by atoms with E-state index in [-0.39, 0.29) is 11.8 Å². The van der Waals surface area contributed by atoms with Crippen LogP contribution >= 0.6 is 0 Å². The molecule has 2 aliphatic carbocycles. The lowest BCUT2D eigenvalue weighted by Gasteiger charge is -2.24. The SMILES string of the molecule is O=C(Nc1ccc2c(c1)CC2)C(c1ccccc1)C1CCCC1. The molecule has 4 rings (SSSR count). The fraction of sp³-hybridized carbons (Fsp3) is 0.381. The third-order valence-electron chi connectivity index (χ3n) is 5.45. The van der Waals surface area contributed by atoms with Crippen molar-refractivity contribution in [3.63, 3.8) is 0 Å². The van der Waals surface area contributed by atoms with Crippen LogP contribution in [-0.2, 0) is 17.6 Å². The fourth-order valence-electron chi connectivity index (χ4n) is 4.08. The second-order valence-corrected chi connectivity index (χ2v) is 6.91. The molecule has 1 N–H and O–H groups in total. The molecule has 2 aromatic carbocycles. The van der Waals surface area contributed by atoms with Crippen molar-refractivity contribution in [3.05, 3.63) is 65.2 Å². The lowest BCUT2D eigenvalue weighted by molar-refractivity contribution is -0.118. The van der Waals surface area contributed by atoms with E-state index in [1.807, 2.05) is 24.3 Å². The molecule has 23 heavy (non-hydrogen) atoms. The van der Waals surface area contributed by atoms with E-state index in [2.05, 4.69) is 29.6 Å². The molecule has 0 heterocycles. The van der Waals surface area contributed by atoms with E-state index < -0.39 is 0 Å². The van der Waals surface area contributed by atoms with Crippen LogP contribution in [0.1, 0.15) is 48.3 Å². The zero-order chi connectivity index (χ0) is 15.6. The molecule has 1 atom stereocenters. The molecular weight excluding hydrogens is 282 g/mol. The van der Waals surface area contributed by atoms with Crippen molar-refractivity contribution in [1.29, 1.82) is 0 Å². The predicted molar refractivity (Wildman–Crippen MR) is 93.6 cm³/mol. The van der Waals surface area contributed by atoms with Crippen molar-refractivity contribution in [1.82, 2.24) is 0 Å². The summed E-state index contributed by atoms with van der Waals surface area (Å²) in [5.41, 5.74) is 4.92. The molecule has 2 heteroatoms. The molecule has 118 valence electrons. The van der Waals surface area contributed by atoms with Gasteiger partial charge in [0.15, 0.2) is 0 Å². The quantitative estimate of drug-likeness (QED) is 0.871. The Morgan fingerprint density at radius 3 is 2.35 bits per heavy atom. The first kappa shape index (κ1) is 14.5. The van der Waals surface area contributed by atoms with Crippen LogP contribution in [0.5, 0.6) is 0 Å². The maximum Gasteiger partial charge on any atom is 0.232 e. The van der Waals surface area contributed by atoms with E-state index in [4.69, 9.17) is 0 Å². The monoisotopic (exact) mass is 305 g/mol. The topological polar surface area (TPSA) is 29.1 Å². The lowest BCUT2D eigenvalue weighted by atomic mass is 9.84. The summed E-state index contributed by atoms with van der Waals surface area (Å²) in [6, 6.07) is 16.6. The van der Waals surface area contributed by atoms with E-state index in [0.717, 1.165) is 30.5 Å². The molecule has 1 fully saturated rings. The number of nitrogens with one attached hydrogen (secondary N) is 1. The normalized spacial score (nSPS) is 18.1. The summed E-state index contributed by atoms with van der Waals surface area (Å²) < 4.78 is 0. The summed E-state index contributed by atoms with van der Waals surface area (Å²) >= 11 is 0. The first-order valence-corrected chi connectivity index (χ1v) is 8.79. The summed E-state index contributed by atoms with van der Waals surface area (Å²) in [6.07, 6.45) is 7.15. The highest BCUT2D eigenvalue weighted by molar-refractivity contribution is 5.96. The van der Waals surface area contributed by atoms with Crippen LogP contribution in [0.25, 0.3) is 0 Å². The first-order valence-electron chi connectivity index (χ1n) is 8.79. The Morgan fingerprint density at radius 2 is 1.70 bits per heavy atom. The Bertz CT molecular complexity index is 701. The van der Waals surface area contributed by atoms with Crippen molar-refractivity contribution >= 4 is 11.6 Å². The minimum Gasteiger partial charge on any atom is -0.326 e. The standard InChI is InChI=1S/C21H23NO/c23-21(22-19-13-12-15-10-11-18(15)14-19)20(17-8-4-5-9-17)16-6-2-1-3-7-16/h1-3,6-7,12-14,17,20H,4-5,8-11H2,(H,22,23). The van der Waals surface area contributed by atoms with Crippen LogP contribution < -0.4 is 5.32 Å². The van der Waals surface area contributed by atoms with Gasteiger partial charge in [0.2, 0.25) is 5.91 Å². The van der Waals surface area contributed by atoms with Crippen molar-refractivity contribution < 1.29 is 4.79 Å². The van der Waals surface area contributed by atoms with E-state index in [9.17, 15) is 4.79 Å². The van der Waals surface area contributed by atoms with E-state index in [1.54, 1.807) is 0 Å². The zero-order valence-corrected chi connectivity index (χ0v) is 13.4. The van der Waals surface area contributed by atoms with Crippen molar-refractivity contribution in [2.24, 2.45) is 5.92 Å². The summed E-state index contributed by atoms with van der Waals surface area (Å²) in [4.78, 5) is 13.0. The molecule has 0 radical (unpaired) electrons. The second kappa shape index (κ2) is 6.19. The van der Waals surface area contributed by atoms with Gasteiger partial charge in [-0.25, -0.2) is 0 Å². The molecule has 1 unspecified atom stereocenters. The van der Waals surface area contributed by atoms with Crippen LogP contribution in [0.3, 0.4) is 0 Å². The smallest absolute Gasteiger partial charge is 0.232 e. The van der Waals surface area contributed by atoms with Gasteiger partial charge in [0.25, 0.3) is 0 Å². The van der Waals surface area contributed by atoms with Crippen LogP contribution in [0.4, 0.5) is 5.69 Å². The van der Waals surface area contributed by atoms with Crippen LogP contribution in [-0.4, -0.2) is 5.91 Å². The number of benzene rings is 2. The summed E-state index contributed by atoms with van der Waals surface area (Å²) in [6.45, 7) is 0. The number of rotatable bonds is 4. The number of aryl methyl sites for hydroxylation is 2. The van der Waals surface area contributed by atoms with Gasteiger partial charge < -0.3 is 5.32 Å². The van der Waals surface area contributed by atoms with Crippen LogP contribution in [0.2, 0.25) is 0 Å². The number of carbonyl (C=O) groups is 1. The molecule has 2 nitrogen and oxygen atoms in total. The van der Waals surface area contributed by atoms with Gasteiger partial charge in [0.1, 0.15) is 0 Å². The highest BCUT2D eigenvalue weighted by atomic mass is 16.1. The molecule has 0 aromatic heterocycles. The van der Waals surface area contributed by atoms with Gasteiger partial charge in [-0.3, -0.25) is 4.79 Å². The molecule has 0 spiro atoms. The highest BCUT2D eigenvalue weighted by Gasteiger charge is 2.32. The van der Waals surface area contributed by atoms with Crippen molar-refractivity contribution in [2.75, 3.05) is 5.32 Å². The average Bonchev–Trinajstić information content (AvgIpc) is 3.05. The highest BCUT2D eigenvalue weighted by Crippen LogP contribution is 2.38. The molecule has 1 amide bonds. The summed E-state index contributed by atoms with van der Waals surface area (Å²) in [5, 5.41) is 3.18. The molecular formula is C21H23NO. The number of carbonyl (C=O) groups excluding carboxylic acids is 1. The van der Waals surface area contributed by atoms with E-state index in [1.165, 1.54) is 30.4 Å². The number of hydrogen-bond donors (Lipinski definition) is 1. The largest absolute Gasteiger partial charge is 0.326 e. The van der Waals surface area contributed by atoms with E-state index >= 15 is 0 Å². The molecule has 0 aliphatic heterocycles. The maximum absolute atomic E-state index is 13.0. The third-order valence-corrected chi connectivity index (χ3v) is 5.45. The number of amides is 1. The van der Waals surface area contributed by atoms with Gasteiger partial charge in [-0.1, -0.05) is 49.2 Å². The maximum atomic E-state index is 13.0. The lowest BCUT2D eigenvalue weighted by Crippen LogP contribution is -2.26. The molecule has 2 aromatic rings. The Hall–Kier alpha value is -2.09. The molecule has 0 bridgehead atoms. The Morgan fingerprint density at radius 1 is 0.957 bits per heavy atom. The molecule has 0 saturated heterocycles. The Labute approximate surface area is 137 Å². The van der Waals surface area contributed by atoms with Gasteiger partial charge >= 0.3 is 0 Å². The fourth-order valence-corrected chi connectivity index (χ4v) is 4.08. The first-order chi connectivity index (χ1) is 11.3. The number of hydrogen-bond acceptors (Lipinski definition) is 1. The average molecular weight is 305 g/mol. The third kappa shape index (κ3) is 2.90. The second-order valence-electron chi connectivity index (χ2n) is 6.91. The van der Waals surface area contributed by atoms with Gasteiger partial charge in [-0.05, 0) is 60.4 Å². The van der Waals surface area contributed by atoms with Crippen LogP contribution in [0.15, 0.2) is 48.5 Å². The van der Waals surface area contributed by atoms with Gasteiger partial charge in [-0.15, -0.1) is 0 Å². The van der Waals surface area contributed by atoms with Crippen molar-refractivity contribution in [2.45, 2.75) is 44.4 Å². The van der Waals surface area contributed by atoms with E-state index in [0.29, 0.717) is 5.92 Å². The summed E-state index contributed by atoms with van der Waals surface area (Å²) in [5.74, 6) is 0.608. The predicted octanol–water partition coefficient (Wildman–Crippen LogP) is 4.70. The Kier molecular flexibility index (Phi) is 3.90. The number of fused-ring (bicyclic) bond motifs is 1. The van der Waals surface area contributed by atoms with Gasteiger partial charge in [0.05, 0.1) is 5.92 Å².